The molecule has 2 aromatic rings. The van der Waals surface area contributed by atoms with E-state index in [2.05, 4.69) is 53.7 Å². The van der Waals surface area contributed by atoms with Crippen molar-refractivity contribution in [2.24, 2.45) is 0 Å². The molecule has 0 radical (unpaired) electrons. The highest BCUT2D eigenvalue weighted by Crippen LogP contribution is 2.31. The summed E-state index contributed by atoms with van der Waals surface area (Å²) in [6, 6.07) is 10.6. The minimum atomic E-state index is -6.09. The summed E-state index contributed by atoms with van der Waals surface area (Å²) in [5.41, 5.74) is -3.75. The predicted octanol–water partition coefficient (Wildman–Crippen LogP) is 6.29. The Morgan fingerprint density at radius 3 is 1.52 bits per heavy atom. The second-order valence-electron chi connectivity index (χ2n) is 9.20. The van der Waals surface area contributed by atoms with E-state index in [1.165, 1.54) is 12.1 Å². The molecular formula is C22H26F3NO6S. The Balaban J connectivity index is 0.000000582. The maximum atomic E-state index is 10.7. The van der Waals surface area contributed by atoms with Crippen molar-refractivity contribution in [1.29, 1.82) is 0 Å². The van der Waals surface area contributed by atoms with Crippen molar-refractivity contribution < 1.29 is 35.5 Å². The topological polar surface area (TPSA) is 112 Å². The van der Waals surface area contributed by atoms with Crippen molar-refractivity contribution in [2.75, 3.05) is 0 Å². The molecule has 0 saturated carbocycles. The average Bonchev–Trinajstić information content (AvgIpc) is 2.64. The zero-order valence-corrected chi connectivity index (χ0v) is 19.9. The molecule has 0 atom stereocenters. The van der Waals surface area contributed by atoms with Gasteiger partial charge in [-0.3, -0.25) is 10.1 Å². The van der Waals surface area contributed by atoms with Gasteiger partial charge in [0.15, 0.2) is 10.1 Å². The molecule has 0 saturated heterocycles. The molecule has 1 aromatic carbocycles. The van der Waals surface area contributed by atoms with Crippen molar-refractivity contribution in [3.8, 4) is 0 Å². The lowest BCUT2D eigenvalue weighted by atomic mass is 9.88. The first-order valence-corrected chi connectivity index (χ1v) is 11.1. The SMILES string of the molecule is CC(C)(C)c1cc(/C=C/c2ccc([N+](=O)[O-])cc2)cc(C(C)(C)C)[o+]1.O=S(=O)([O-])C(F)(F)F. The fourth-order valence-electron chi connectivity index (χ4n) is 2.26. The molecule has 0 aliphatic carbocycles. The highest BCUT2D eigenvalue weighted by atomic mass is 32.2. The van der Waals surface area contributed by atoms with E-state index >= 15 is 0 Å². The Morgan fingerprint density at radius 2 is 1.21 bits per heavy atom. The smallest absolute Gasteiger partial charge is 0.485 e. The van der Waals surface area contributed by atoms with Gasteiger partial charge in [0.2, 0.25) is 0 Å². The molecule has 7 nitrogen and oxygen atoms in total. The Bertz CT molecular complexity index is 1080. The summed E-state index contributed by atoms with van der Waals surface area (Å²) in [4.78, 5) is 10.3. The highest BCUT2D eigenvalue weighted by Gasteiger charge is 2.37. The van der Waals surface area contributed by atoms with Crippen LogP contribution >= 0.6 is 0 Å². The van der Waals surface area contributed by atoms with Crippen molar-refractivity contribution in [1.82, 2.24) is 0 Å². The molecule has 33 heavy (non-hydrogen) atoms. The van der Waals surface area contributed by atoms with Crippen molar-refractivity contribution in [3.63, 3.8) is 0 Å². The highest BCUT2D eigenvalue weighted by molar-refractivity contribution is 7.86. The minimum Gasteiger partial charge on any atom is -0.741 e. The number of nitro benzene ring substituents is 1. The number of rotatable bonds is 3. The van der Waals surface area contributed by atoms with Gasteiger partial charge >= 0.3 is 17.0 Å². The van der Waals surface area contributed by atoms with Gasteiger partial charge in [0.1, 0.15) is 0 Å². The third kappa shape index (κ3) is 8.93. The summed E-state index contributed by atoms with van der Waals surface area (Å²) in [5.74, 6) is 1.87. The Kier molecular flexibility index (Phi) is 8.56. The maximum absolute atomic E-state index is 10.7. The molecule has 2 rings (SSSR count). The van der Waals surface area contributed by atoms with Gasteiger partial charge in [0.25, 0.3) is 5.69 Å². The van der Waals surface area contributed by atoms with Crippen LogP contribution in [0.15, 0.2) is 40.8 Å². The minimum absolute atomic E-state index is 0.0861. The fraction of sp³-hybridized carbons (Fsp3) is 0.409. The Labute approximate surface area is 190 Å². The molecule has 0 spiro atoms. The van der Waals surface area contributed by atoms with Gasteiger partial charge in [-0.1, -0.05) is 12.2 Å². The van der Waals surface area contributed by atoms with Crippen LogP contribution in [0.2, 0.25) is 0 Å². The zero-order chi connectivity index (χ0) is 25.8. The number of nitrogens with zero attached hydrogens (tertiary/aromatic N) is 1. The van der Waals surface area contributed by atoms with Gasteiger partial charge in [-0.25, -0.2) is 12.8 Å². The number of nitro groups is 1. The Morgan fingerprint density at radius 1 is 0.848 bits per heavy atom. The van der Waals surface area contributed by atoms with Crippen LogP contribution in [-0.2, 0) is 20.9 Å². The molecule has 0 N–H and O–H groups in total. The molecule has 1 aromatic heterocycles. The van der Waals surface area contributed by atoms with E-state index < -0.39 is 20.5 Å². The average molecular weight is 490 g/mol. The number of benzene rings is 1. The number of halogens is 3. The second-order valence-corrected chi connectivity index (χ2v) is 10.6. The molecule has 0 bridgehead atoms. The lowest BCUT2D eigenvalue weighted by Crippen LogP contribution is -2.21. The molecule has 0 aliphatic heterocycles. The maximum Gasteiger partial charge on any atom is 0.485 e. The molecule has 0 unspecified atom stereocenters. The third-order valence-electron chi connectivity index (χ3n) is 4.15. The molecular weight excluding hydrogens is 463 g/mol. The number of non-ortho nitro benzene ring substituents is 1. The Hall–Kier alpha value is -2.79. The van der Waals surface area contributed by atoms with Gasteiger partial charge in [-0.15, -0.1) is 0 Å². The van der Waals surface area contributed by atoms with E-state index in [1.54, 1.807) is 12.1 Å². The van der Waals surface area contributed by atoms with Crippen LogP contribution in [0.5, 0.6) is 0 Å². The molecule has 0 aliphatic rings. The van der Waals surface area contributed by atoms with Crippen LogP contribution < -0.4 is 0 Å². The van der Waals surface area contributed by atoms with E-state index in [0.717, 1.165) is 22.6 Å². The van der Waals surface area contributed by atoms with E-state index in [-0.39, 0.29) is 16.5 Å². The first kappa shape index (κ1) is 28.2. The number of hydrogen-bond acceptors (Lipinski definition) is 5. The van der Waals surface area contributed by atoms with E-state index in [9.17, 15) is 23.3 Å². The number of hydrogen-bond donors (Lipinski definition) is 0. The van der Waals surface area contributed by atoms with Gasteiger partial charge in [0.05, 0.1) is 15.8 Å². The first-order valence-electron chi connectivity index (χ1n) is 9.65. The lowest BCUT2D eigenvalue weighted by Gasteiger charge is -2.14. The first-order chi connectivity index (χ1) is 14.7. The molecule has 0 amide bonds. The molecule has 0 fully saturated rings. The van der Waals surface area contributed by atoms with Gasteiger partial charge < -0.3 is 4.55 Å². The predicted molar refractivity (Wildman–Crippen MR) is 118 cm³/mol. The van der Waals surface area contributed by atoms with Gasteiger partial charge in [-0.2, -0.15) is 13.2 Å². The monoisotopic (exact) mass is 489 g/mol. The van der Waals surface area contributed by atoms with Gasteiger partial charge in [0, 0.05) is 24.3 Å². The quantitative estimate of drug-likeness (QED) is 0.165. The molecule has 11 heteroatoms. The van der Waals surface area contributed by atoms with Crippen LogP contribution in [0.25, 0.3) is 12.2 Å². The van der Waals surface area contributed by atoms with Crippen LogP contribution in [0.1, 0.15) is 64.2 Å². The summed E-state index contributed by atoms with van der Waals surface area (Å²) in [5, 5.41) is 10.7. The lowest BCUT2D eigenvalue weighted by molar-refractivity contribution is -0.384. The standard InChI is InChI=1S/C21H26NO3.CHF3O3S/c1-20(2,3)18-13-16(14-19(25-18)21(4,5)6)8-7-15-9-11-17(12-10-15)22(23)24;2-1(3,4)8(5,6)7/h7-14H,1-6H3;(H,5,6,7)/q+1;/p-1/b8-7+;. The van der Waals surface area contributed by atoms with Crippen molar-refractivity contribution in [2.45, 2.75) is 57.9 Å². The van der Waals surface area contributed by atoms with Crippen LogP contribution in [0.3, 0.4) is 0 Å². The normalized spacial score (nSPS) is 12.9. The van der Waals surface area contributed by atoms with Gasteiger partial charge in [-0.05, 0) is 64.8 Å². The second kappa shape index (κ2) is 10.0. The van der Waals surface area contributed by atoms with Crippen LogP contribution in [0, 0.1) is 10.1 Å². The van der Waals surface area contributed by atoms with Crippen LogP contribution in [0.4, 0.5) is 18.9 Å². The summed E-state index contributed by atoms with van der Waals surface area (Å²) in [6.07, 6.45) is 3.97. The number of alkyl halides is 3. The summed E-state index contributed by atoms with van der Waals surface area (Å²) in [6.45, 7) is 12.8. The summed E-state index contributed by atoms with van der Waals surface area (Å²) < 4.78 is 65.0. The van der Waals surface area contributed by atoms with E-state index in [1.807, 2.05) is 12.2 Å². The largest absolute Gasteiger partial charge is 0.741 e. The van der Waals surface area contributed by atoms with Crippen molar-refractivity contribution >= 4 is 28.0 Å². The van der Waals surface area contributed by atoms with E-state index in [0.29, 0.717) is 0 Å². The molecule has 1 heterocycles. The zero-order valence-electron chi connectivity index (χ0n) is 19.1. The fourth-order valence-corrected chi connectivity index (χ4v) is 2.26. The van der Waals surface area contributed by atoms with Crippen molar-refractivity contribution in [3.05, 3.63) is 69.2 Å². The molecule has 182 valence electrons. The van der Waals surface area contributed by atoms with Crippen LogP contribution in [-0.4, -0.2) is 23.4 Å². The third-order valence-corrected chi connectivity index (χ3v) is 4.72. The summed E-state index contributed by atoms with van der Waals surface area (Å²) in [7, 11) is -6.09. The van der Waals surface area contributed by atoms with E-state index in [4.69, 9.17) is 17.4 Å². The summed E-state index contributed by atoms with van der Waals surface area (Å²) >= 11 is 0.